The van der Waals surface area contributed by atoms with Gasteiger partial charge >= 0.3 is 6.18 Å². The Morgan fingerprint density at radius 3 is 2.69 bits per heavy atom. The lowest BCUT2D eigenvalue weighted by Gasteiger charge is -2.07. The van der Waals surface area contributed by atoms with E-state index in [1.54, 1.807) is 25.3 Å². The van der Waals surface area contributed by atoms with E-state index in [0.717, 1.165) is 5.56 Å². The minimum Gasteiger partial charge on any atom is -0.437 e. The first kappa shape index (κ1) is 21.3. The minimum absolute atomic E-state index is 0.0549. The fraction of sp³-hybridized carbons (Fsp3) is 0.250. The molecule has 4 nitrogen and oxygen atoms in total. The number of alkyl halides is 3. The molecule has 0 aliphatic rings. The number of benzene rings is 1. The Bertz CT molecular complexity index is 1060. The van der Waals surface area contributed by atoms with E-state index in [4.69, 9.17) is 16.3 Å². The van der Waals surface area contributed by atoms with E-state index in [2.05, 4.69) is 9.97 Å². The van der Waals surface area contributed by atoms with Crippen LogP contribution in [0.15, 0.2) is 36.5 Å². The SMILES string of the molecule is CC(=O)C[C@@H](C)/C=C/c1ccc(Oc2ccc3nc(C(F)(F)F)sc3c2Cl)nc1. The minimum atomic E-state index is -4.53. The van der Waals surface area contributed by atoms with E-state index in [0.29, 0.717) is 17.8 Å². The number of hydrogen-bond acceptors (Lipinski definition) is 5. The molecule has 3 aromatic rings. The Balaban J connectivity index is 1.76. The van der Waals surface area contributed by atoms with Crippen LogP contribution in [0.25, 0.3) is 16.3 Å². The van der Waals surface area contributed by atoms with E-state index >= 15 is 0 Å². The van der Waals surface area contributed by atoms with Crippen LogP contribution in [0.2, 0.25) is 5.02 Å². The molecule has 0 N–H and O–H groups in total. The van der Waals surface area contributed by atoms with Crippen molar-refractivity contribution in [2.45, 2.75) is 26.4 Å². The number of allylic oxidation sites excluding steroid dienone is 1. The van der Waals surface area contributed by atoms with E-state index in [1.165, 1.54) is 12.1 Å². The van der Waals surface area contributed by atoms with Crippen LogP contribution in [0.3, 0.4) is 0 Å². The van der Waals surface area contributed by atoms with Crippen molar-refractivity contribution in [3.63, 3.8) is 0 Å². The van der Waals surface area contributed by atoms with Gasteiger partial charge in [0.2, 0.25) is 5.88 Å². The third-order valence-electron chi connectivity index (χ3n) is 3.90. The van der Waals surface area contributed by atoms with Crippen molar-refractivity contribution < 1.29 is 22.7 Å². The smallest absolute Gasteiger partial charge is 0.437 e. The number of pyridine rings is 1. The van der Waals surface area contributed by atoms with Crippen LogP contribution in [-0.4, -0.2) is 15.8 Å². The van der Waals surface area contributed by atoms with Crippen LogP contribution in [0, 0.1) is 5.92 Å². The molecule has 0 fully saturated rings. The highest BCUT2D eigenvalue weighted by Crippen LogP contribution is 2.42. The molecule has 1 atom stereocenters. The fourth-order valence-corrected chi connectivity index (χ4v) is 3.78. The number of hydrogen-bond donors (Lipinski definition) is 0. The van der Waals surface area contributed by atoms with Gasteiger partial charge in [0.15, 0.2) is 5.01 Å². The number of carbonyl (C=O) groups excluding carboxylic acids is 1. The maximum atomic E-state index is 12.9. The van der Waals surface area contributed by atoms with Gasteiger partial charge in [0.25, 0.3) is 0 Å². The second-order valence-electron chi connectivity index (χ2n) is 6.52. The maximum Gasteiger partial charge on any atom is 0.443 e. The predicted octanol–water partition coefficient (Wildman–Crippen LogP) is 6.78. The van der Waals surface area contributed by atoms with Gasteiger partial charge in [-0.15, -0.1) is 11.3 Å². The molecular formula is C20H16ClF3N2O2S. The van der Waals surface area contributed by atoms with Gasteiger partial charge in [-0.05, 0) is 36.6 Å². The number of thiazole rings is 1. The third-order valence-corrected chi connectivity index (χ3v) is 5.53. The standard InChI is InChI=1S/C20H16ClF3N2O2S/c1-11(9-12(2)27)3-4-13-5-8-16(25-10-13)28-15-7-6-14-18(17(15)21)29-19(26-14)20(22,23)24/h3-8,10-11H,9H2,1-2H3/b4-3+/t11-/m0/s1. The Kier molecular flexibility index (Phi) is 6.24. The Hall–Kier alpha value is -2.45. The molecule has 0 saturated carbocycles. The number of ketones is 1. The summed E-state index contributed by atoms with van der Waals surface area (Å²) in [7, 11) is 0. The molecule has 2 aromatic heterocycles. The summed E-state index contributed by atoms with van der Waals surface area (Å²) in [6.07, 6.45) is 1.32. The zero-order chi connectivity index (χ0) is 21.2. The van der Waals surface area contributed by atoms with Gasteiger partial charge in [-0.2, -0.15) is 13.2 Å². The van der Waals surface area contributed by atoms with Crippen LogP contribution in [0.1, 0.15) is 30.8 Å². The number of rotatable bonds is 6. The van der Waals surface area contributed by atoms with Gasteiger partial charge in [0.1, 0.15) is 16.6 Å². The van der Waals surface area contributed by atoms with Crippen molar-refractivity contribution in [3.8, 4) is 11.6 Å². The largest absolute Gasteiger partial charge is 0.443 e. The number of halogens is 4. The molecule has 0 amide bonds. The molecule has 0 unspecified atom stereocenters. The topological polar surface area (TPSA) is 52.1 Å². The van der Waals surface area contributed by atoms with Gasteiger partial charge in [-0.25, -0.2) is 9.97 Å². The van der Waals surface area contributed by atoms with Crippen molar-refractivity contribution in [2.75, 3.05) is 0 Å². The second-order valence-corrected chi connectivity index (χ2v) is 7.89. The summed E-state index contributed by atoms with van der Waals surface area (Å²) in [6.45, 7) is 3.50. The summed E-state index contributed by atoms with van der Waals surface area (Å²) < 4.78 is 44.4. The van der Waals surface area contributed by atoms with Gasteiger partial charge in [-0.3, -0.25) is 0 Å². The van der Waals surface area contributed by atoms with E-state index in [9.17, 15) is 18.0 Å². The van der Waals surface area contributed by atoms with Crippen LogP contribution in [0.4, 0.5) is 13.2 Å². The lowest BCUT2D eigenvalue weighted by molar-refractivity contribution is -0.137. The average Bonchev–Trinajstić information content (AvgIpc) is 3.08. The van der Waals surface area contributed by atoms with Crippen molar-refractivity contribution in [3.05, 3.63) is 52.1 Å². The molecule has 0 aliphatic carbocycles. The number of nitrogens with zero attached hydrogens (tertiary/aromatic N) is 2. The normalized spacial score (nSPS) is 13.2. The molecule has 3 rings (SSSR count). The average molecular weight is 441 g/mol. The summed E-state index contributed by atoms with van der Waals surface area (Å²) in [5, 5.41) is -0.904. The van der Waals surface area contributed by atoms with Crippen molar-refractivity contribution in [1.82, 2.24) is 9.97 Å². The molecule has 0 bridgehead atoms. The molecule has 0 radical (unpaired) electrons. The van der Waals surface area contributed by atoms with E-state index in [1.807, 2.05) is 19.1 Å². The van der Waals surface area contributed by atoms with Gasteiger partial charge in [0.05, 0.1) is 10.2 Å². The van der Waals surface area contributed by atoms with Crippen molar-refractivity contribution in [2.24, 2.45) is 5.92 Å². The Morgan fingerprint density at radius 2 is 2.07 bits per heavy atom. The number of carbonyl (C=O) groups is 1. The zero-order valence-electron chi connectivity index (χ0n) is 15.5. The molecule has 29 heavy (non-hydrogen) atoms. The number of aromatic nitrogens is 2. The predicted molar refractivity (Wildman–Crippen MR) is 107 cm³/mol. The monoisotopic (exact) mass is 440 g/mol. The molecule has 152 valence electrons. The quantitative estimate of drug-likeness (QED) is 0.423. The Morgan fingerprint density at radius 1 is 1.31 bits per heavy atom. The first-order valence-electron chi connectivity index (χ1n) is 8.61. The van der Waals surface area contributed by atoms with Crippen LogP contribution < -0.4 is 4.74 Å². The molecule has 2 heterocycles. The highest BCUT2D eigenvalue weighted by molar-refractivity contribution is 7.19. The van der Waals surface area contributed by atoms with E-state index < -0.39 is 11.2 Å². The fourth-order valence-electron chi connectivity index (χ4n) is 2.60. The zero-order valence-corrected chi connectivity index (χ0v) is 17.0. The number of ether oxygens (including phenoxy) is 1. The van der Waals surface area contributed by atoms with Gasteiger partial charge < -0.3 is 9.53 Å². The second kappa shape index (κ2) is 8.51. The van der Waals surface area contributed by atoms with Crippen LogP contribution in [0.5, 0.6) is 11.6 Å². The summed E-state index contributed by atoms with van der Waals surface area (Å²) in [5.74, 6) is 0.694. The Labute approximate surface area is 174 Å². The lowest BCUT2D eigenvalue weighted by atomic mass is 10.0. The molecule has 1 aromatic carbocycles. The molecule has 0 aliphatic heterocycles. The molecule has 0 saturated heterocycles. The van der Waals surface area contributed by atoms with Crippen molar-refractivity contribution >= 4 is 45.0 Å². The first-order chi connectivity index (χ1) is 13.6. The summed E-state index contributed by atoms with van der Waals surface area (Å²) in [4.78, 5) is 18.9. The van der Waals surface area contributed by atoms with Gasteiger partial charge in [0, 0.05) is 18.7 Å². The van der Waals surface area contributed by atoms with Crippen LogP contribution in [-0.2, 0) is 11.0 Å². The molecular weight excluding hydrogens is 425 g/mol. The highest BCUT2D eigenvalue weighted by Gasteiger charge is 2.35. The van der Waals surface area contributed by atoms with Crippen molar-refractivity contribution in [1.29, 1.82) is 0 Å². The van der Waals surface area contributed by atoms with Crippen LogP contribution >= 0.6 is 22.9 Å². The molecule has 9 heteroatoms. The summed E-state index contributed by atoms with van der Waals surface area (Å²) >= 11 is 6.69. The number of Topliss-reactive ketones (excluding diaryl/α,β-unsaturated/α-hetero) is 1. The number of fused-ring (bicyclic) bond motifs is 1. The highest BCUT2D eigenvalue weighted by atomic mass is 35.5. The maximum absolute atomic E-state index is 12.9. The molecule has 0 spiro atoms. The summed E-state index contributed by atoms with van der Waals surface area (Å²) in [5.41, 5.74) is 0.986. The van der Waals surface area contributed by atoms with Gasteiger partial charge in [-0.1, -0.05) is 30.7 Å². The lowest BCUT2D eigenvalue weighted by Crippen LogP contribution is -2.03. The van der Waals surface area contributed by atoms with E-state index in [-0.39, 0.29) is 38.6 Å². The third kappa shape index (κ3) is 5.33. The summed E-state index contributed by atoms with van der Waals surface area (Å²) in [6, 6.07) is 6.29. The first-order valence-corrected chi connectivity index (χ1v) is 9.80.